The molecule has 2 nitrogen and oxygen atoms in total. The molecule has 1 amide bonds. The van der Waals surface area contributed by atoms with E-state index in [4.69, 9.17) is 0 Å². The van der Waals surface area contributed by atoms with Gasteiger partial charge in [-0.25, -0.2) is 0 Å². The number of nitrogens with zero attached hydrogens (tertiary/aromatic N) is 1. The Morgan fingerprint density at radius 1 is 1.31 bits per heavy atom. The van der Waals surface area contributed by atoms with Crippen LogP contribution in [0.15, 0.2) is 0 Å². The fourth-order valence-corrected chi connectivity index (χ4v) is 2.49. The Bertz CT molecular complexity index is 229. The van der Waals surface area contributed by atoms with Gasteiger partial charge in [-0.15, -0.1) is 0 Å². The van der Waals surface area contributed by atoms with Gasteiger partial charge in [0.1, 0.15) is 0 Å². The minimum Gasteiger partial charge on any atom is -0.343 e. The van der Waals surface area contributed by atoms with Crippen LogP contribution < -0.4 is 0 Å². The average molecular weight is 225 g/mol. The Morgan fingerprint density at radius 3 is 2.56 bits per heavy atom. The highest BCUT2D eigenvalue weighted by Gasteiger charge is 2.29. The maximum Gasteiger partial charge on any atom is 0.222 e. The molecule has 1 fully saturated rings. The maximum atomic E-state index is 11.9. The van der Waals surface area contributed by atoms with E-state index in [9.17, 15) is 4.79 Å². The molecule has 1 heterocycles. The van der Waals surface area contributed by atoms with Crippen molar-refractivity contribution in [1.82, 2.24) is 4.90 Å². The van der Waals surface area contributed by atoms with Crippen LogP contribution in [0.3, 0.4) is 0 Å². The Hall–Kier alpha value is -0.530. The number of carbonyl (C=O) groups is 1. The Kier molecular flexibility index (Phi) is 4.82. The molecule has 0 aliphatic carbocycles. The largest absolute Gasteiger partial charge is 0.343 e. The molecular weight excluding hydrogens is 198 g/mol. The van der Waals surface area contributed by atoms with Crippen LogP contribution >= 0.6 is 0 Å². The van der Waals surface area contributed by atoms with E-state index in [1.165, 1.54) is 12.8 Å². The molecule has 94 valence electrons. The zero-order chi connectivity index (χ0) is 12.2. The zero-order valence-corrected chi connectivity index (χ0v) is 11.4. The van der Waals surface area contributed by atoms with Crippen LogP contribution in [0.4, 0.5) is 0 Å². The molecule has 1 unspecified atom stereocenters. The molecule has 0 aromatic heterocycles. The molecule has 0 saturated carbocycles. The summed E-state index contributed by atoms with van der Waals surface area (Å²) in [6.07, 6.45) is 5.33. The Morgan fingerprint density at radius 2 is 2.00 bits per heavy atom. The topological polar surface area (TPSA) is 20.3 Å². The summed E-state index contributed by atoms with van der Waals surface area (Å²) < 4.78 is 0. The first-order valence-electron chi connectivity index (χ1n) is 6.73. The lowest BCUT2D eigenvalue weighted by molar-refractivity contribution is -0.130. The van der Waals surface area contributed by atoms with Gasteiger partial charge in [-0.1, -0.05) is 34.1 Å². The number of carbonyl (C=O) groups excluding carboxylic acids is 1. The molecule has 2 heteroatoms. The number of amides is 1. The summed E-state index contributed by atoms with van der Waals surface area (Å²) in [5, 5.41) is 0. The van der Waals surface area contributed by atoms with Crippen LogP contribution in [0.1, 0.15) is 59.8 Å². The highest BCUT2D eigenvalue weighted by Crippen LogP contribution is 2.34. The van der Waals surface area contributed by atoms with Crippen LogP contribution in [0.5, 0.6) is 0 Å². The lowest BCUT2D eigenvalue weighted by Gasteiger charge is -2.29. The van der Waals surface area contributed by atoms with Crippen LogP contribution in [0.25, 0.3) is 0 Å². The van der Waals surface area contributed by atoms with E-state index in [0.717, 1.165) is 32.4 Å². The molecule has 0 aromatic rings. The Labute approximate surface area is 100 Å². The standard InChI is InChI=1S/C14H27NO/c1-5-6-10-15-11-9-12(14(2,3)4)7-8-13(15)16/h12H,5-11H2,1-4H3. The van der Waals surface area contributed by atoms with Crippen LogP contribution in [-0.2, 0) is 4.79 Å². The second-order valence-corrected chi connectivity index (χ2v) is 6.12. The zero-order valence-electron chi connectivity index (χ0n) is 11.4. The van der Waals surface area contributed by atoms with Crippen LogP contribution in [-0.4, -0.2) is 23.9 Å². The third-order valence-corrected chi connectivity index (χ3v) is 3.81. The minimum absolute atomic E-state index is 0.348. The third kappa shape index (κ3) is 3.80. The number of hydrogen-bond acceptors (Lipinski definition) is 1. The molecule has 1 aliphatic rings. The summed E-state index contributed by atoms with van der Waals surface area (Å²) in [7, 11) is 0. The highest BCUT2D eigenvalue weighted by atomic mass is 16.2. The molecule has 0 N–H and O–H groups in total. The first kappa shape index (κ1) is 13.5. The van der Waals surface area contributed by atoms with E-state index in [1.54, 1.807) is 0 Å². The Balaban J connectivity index is 2.52. The smallest absolute Gasteiger partial charge is 0.222 e. The van der Waals surface area contributed by atoms with Crippen LogP contribution in [0, 0.1) is 11.3 Å². The molecule has 1 saturated heterocycles. The van der Waals surface area contributed by atoms with Crippen molar-refractivity contribution in [3.8, 4) is 0 Å². The molecule has 0 bridgehead atoms. The molecule has 1 atom stereocenters. The van der Waals surface area contributed by atoms with Crippen molar-refractivity contribution in [3.63, 3.8) is 0 Å². The predicted molar refractivity (Wildman–Crippen MR) is 68.3 cm³/mol. The second kappa shape index (κ2) is 5.70. The van der Waals surface area contributed by atoms with Crippen molar-refractivity contribution in [3.05, 3.63) is 0 Å². The summed E-state index contributed by atoms with van der Waals surface area (Å²) >= 11 is 0. The highest BCUT2D eigenvalue weighted by molar-refractivity contribution is 5.76. The van der Waals surface area contributed by atoms with Gasteiger partial charge in [0.25, 0.3) is 0 Å². The lowest BCUT2D eigenvalue weighted by Crippen LogP contribution is -2.31. The van der Waals surface area contributed by atoms with Gasteiger partial charge in [-0.05, 0) is 30.6 Å². The first-order valence-corrected chi connectivity index (χ1v) is 6.73. The summed E-state index contributed by atoms with van der Waals surface area (Å²) in [5.41, 5.74) is 0.348. The SMILES string of the molecule is CCCCN1CCC(C(C)(C)C)CCC1=O. The van der Waals surface area contributed by atoms with E-state index in [2.05, 4.69) is 32.6 Å². The van der Waals surface area contributed by atoms with E-state index in [0.29, 0.717) is 17.2 Å². The first-order chi connectivity index (χ1) is 7.45. The average Bonchev–Trinajstić information content (AvgIpc) is 2.37. The molecule has 0 aromatic carbocycles. The molecular formula is C14H27NO. The van der Waals surface area contributed by atoms with Crippen molar-refractivity contribution in [2.24, 2.45) is 11.3 Å². The monoisotopic (exact) mass is 225 g/mol. The molecule has 16 heavy (non-hydrogen) atoms. The predicted octanol–water partition coefficient (Wildman–Crippen LogP) is 3.46. The maximum absolute atomic E-state index is 11.9. The van der Waals surface area contributed by atoms with Gasteiger partial charge in [0.05, 0.1) is 0 Å². The van der Waals surface area contributed by atoms with Crippen molar-refractivity contribution >= 4 is 5.91 Å². The molecule has 0 spiro atoms. The normalized spacial score (nSPS) is 23.4. The van der Waals surface area contributed by atoms with Crippen LogP contribution in [0.2, 0.25) is 0 Å². The fraction of sp³-hybridized carbons (Fsp3) is 0.929. The summed E-state index contributed by atoms with van der Waals surface area (Å²) in [6.45, 7) is 11.0. The third-order valence-electron chi connectivity index (χ3n) is 3.81. The number of likely N-dealkylation sites (tertiary alicyclic amines) is 1. The molecule has 0 radical (unpaired) electrons. The minimum atomic E-state index is 0.348. The van der Waals surface area contributed by atoms with Gasteiger partial charge >= 0.3 is 0 Å². The van der Waals surface area contributed by atoms with Gasteiger partial charge in [-0.3, -0.25) is 4.79 Å². The number of unbranched alkanes of at least 4 members (excludes halogenated alkanes) is 1. The number of rotatable bonds is 3. The van der Waals surface area contributed by atoms with Crippen molar-refractivity contribution in [2.45, 2.75) is 59.8 Å². The fourth-order valence-electron chi connectivity index (χ4n) is 2.49. The van der Waals surface area contributed by atoms with E-state index in [-0.39, 0.29) is 0 Å². The van der Waals surface area contributed by atoms with Gasteiger partial charge in [0.2, 0.25) is 5.91 Å². The van der Waals surface area contributed by atoms with E-state index in [1.807, 2.05) is 0 Å². The van der Waals surface area contributed by atoms with Gasteiger partial charge in [0.15, 0.2) is 0 Å². The van der Waals surface area contributed by atoms with Crippen molar-refractivity contribution < 1.29 is 4.79 Å². The van der Waals surface area contributed by atoms with Crippen molar-refractivity contribution in [2.75, 3.05) is 13.1 Å². The number of hydrogen-bond donors (Lipinski definition) is 0. The van der Waals surface area contributed by atoms with E-state index < -0.39 is 0 Å². The summed E-state index contributed by atoms with van der Waals surface area (Å²) in [4.78, 5) is 14.0. The van der Waals surface area contributed by atoms with Gasteiger partial charge < -0.3 is 4.90 Å². The van der Waals surface area contributed by atoms with Crippen molar-refractivity contribution in [1.29, 1.82) is 0 Å². The molecule has 1 aliphatic heterocycles. The summed E-state index contributed by atoms with van der Waals surface area (Å²) in [5.74, 6) is 1.07. The second-order valence-electron chi connectivity index (χ2n) is 6.12. The quantitative estimate of drug-likeness (QED) is 0.720. The van der Waals surface area contributed by atoms with E-state index >= 15 is 0 Å². The van der Waals surface area contributed by atoms with Gasteiger partial charge in [-0.2, -0.15) is 0 Å². The lowest BCUT2D eigenvalue weighted by atomic mass is 9.77. The van der Waals surface area contributed by atoms with Gasteiger partial charge in [0, 0.05) is 19.5 Å². The summed E-state index contributed by atoms with van der Waals surface area (Å²) in [6, 6.07) is 0. The molecule has 1 rings (SSSR count).